The van der Waals surface area contributed by atoms with Gasteiger partial charge in [0.2, 0.25) is 0 Å². The van der Waals surface area contributed by atoms with E-state index in [1.165, 1.54) is 25.3 Å². The van der Waals surface area contributed by atoms with Gasteiger partial charge in [0.25, 0.3) is 5.69 Å². The second-order valence-corrected chi connectivity index (χ2v) is 8.12. The van der Waals surface area contributed by atoms with Crippen molar-refractivity contribution in [3.63, 3.8) is 0 Å². The lowest BCUT2D eigenvalue weighted by atomic mass is 9.53. The maximum atomic E-state index is 11.6. The molecule has 4 aliphatic carbocycles. The van der Waals surface area contributed by atoms with Crippen molar-refractivity contribution in [3.05, 3.63) is 38.6 Å². The van der Waals surface area contributed by atoms with E-state index in [9.17, 15) is 20.2 Å². The number of rotatable bonds is 3. The molecule has 1 aromatic heterocycles. The van der Waals surface area contributed by atoms with Gasteiger partial charge >= 0.3 is 5.69 Å². The number of fused-ring (bicyclic) bond motifs is 1. The van der Waals surface area contributed by atoms with E-state index in [0.29, 0.717) is 28.7 Å². The van der Waals surface area contributed by atoms with E-state index < -0.39 is 9.85 Å². The van der Waals surface area contributed by atoms with Crippen LogP contribution in [0.15, 0.2) is 18.3 Å². The number of nitrogens with zero attached hydrogens (tertiary/aromatic N) is 4. The third kappa shape index (κ3) is 2.03. The van der Waals surface area contributed by atoms with Gasteiger partial charge in [-0.1, -0.05) is 0 Å². The predicted octanol–water partition coefficient (Wildman–Crippen LogP) is 3.78. The molecule has 4 bridgehead atoms. The van der Waals surface area contributed by atoms with Crippen LogP contribution < -0.4 is 0 Å². The Bertz CT molecular complexity index is 883. The lowest BCUT2D eigenvalue weighted by Crippen LogP contribution is -2.52. The van der Waals surface area contributed by atoms with Gasteiger partial charge in [0.15, 0.2) is 0 Å². The van der Waals surface area contributed by atoms with E-state index in [1.807, 2.05) is 4.68 Å². The monoisotopic (exact) mass is 342 g/mol. The maximum Gasteiger partial charge on any atom is 0.302 e. The third-order valence-electron chi connectivity index (χ3n) is 6.49. The quantitative estimate of drug-likeness (QED) is 0.623. The Morgan fingerprint density at radius 2 is 1.60 bits per heavy atom. The molecule has 8 nitrogen and oxygen atoms in total. The molecule has 0 aliphatic heterocycles. The molecule has 4 aliphatic rings. The Balaban J connectivity index is 1.72. The first-order chi connectivity index (χ1) is 11.9. The molecule has 2 aromatic rings. The van der Waals surface area contributed by atoms with Gasteiger partial charge in [0.1, 0.15) is 5.52 Å². The average molecular weight is 342 g/mol. The highest BCUT2D eigenvalue weighted by molar-refractivity contribution is 5.90. The Hall–Kier alpha value is -2.51. The summed E-state index contributed by atoms with van der Waals surface area (Å²) in [5.41, 5.74) is -0.184. The number of hydrogen-bond acceptors (Lipinski definition) is 5. The van der Waals surface area contributed by atoms with Crippen LogP contribution in [-0.2, 0) is 5.54 Å². The first-order valence-electron chi connectivity index (χ1n) is 8.76. The second-order valence-electron chi connectivity index (χ2n) is 8.12. The van der Waals surface area contributed by atoms with Crippen LogP contribution in [0.2, 0.25) is 0 Å². The molecular weight excluding hydrogens is 324 g/mol. The van der Waals surface area contributed by atoms with Crippen molar-refractivity contribution >= 4 is 22.3 Å². The highest BCUT2D eigenvalue weighted by Gasteiger charge is 2.53. The van der Waals surface area contributed by atoms with Crippen molar-refractivity contribution in [2.75, 3.05) is 0 Å². The molecule has 4 saturated carbocycles. The van der Waals surface area contributed by atoms with Crippen LogP contribution in [0.5, 0.6) is 0 Å². The summed E-state index contributed by atoms with van der Waals surface area (Å²) in [4.78, 5) is 21.6. The van der Waals surface area contributed by atoms with Crippen molar-refractivity contribution in [2.45, 2.75) is 44.1 Å². The highest BCUT2D eigenvalue weighted by Crippen LogP contribution is 2.59. The van der Waals surface area contributed by atoms with E-state index in [2.05, 4.69) is 5.10 Å². The molecule has 1 aromatic carbocycles. The first-order valence-corrected chi connectivity index (χ1v) is 8.76. The van der Waals surface area contributed by atoms with Crippen LogP contribution in [0.1, 0.15) is 38.5 Å². The van der Waals surface area contributed by atoms with Gasteiger partial charge < -0.3 is 0 Å². The zero-order valence-electron chi connectivity index (χ0n) is 13.6. The van der Waals surface area contributed by atoms with E-state index in [0.717, 1.165) is 25.3 Å². The number of benzene rings is 1. The first kappa shape index (κ1) is 14.8. The summed E-state index contributed by atoms with van der Waals surface area (Å²) < 4.78 is 1.86. The van der Waals surface area contributed by atoms with Gasteiger partial charge in [-0.25, -0.2) is 0 Å². The topological polar surface area (TPSA) is 104 Å². The van der Waals surface area contributed by atoms with Crippen molar-refractivity contribution in [3.8, 4) is 0 Å². The van der Waals surface area contributed by atoms with E-state index in [4.69, 9.17) is 0 Å². The molecular formula is C17H18N4O4. The van der Waals surface area contributed by atoms with Crippen molar-refractivity contribution in [1.29, 1.82) is 0 Å². The molecule has 0 atom stereocenters. The Morgan fingerprint density at radius 3 is 2.12 bits per heavy atom. The van der Waals surface area contributed by atoms with Crippen LogP contribution in [-0.4, -0.2) is 19.6 Å². The third-order valence-corrected chi connectivity index (χ3v) is 6.49. The molecule has 25 heavy (non-hydrogen) atoms. The van der Waals surface area contributed by atoms with Crippen LogP contribution in [0.4, 0.5) is 11.4 Å². The van der Waals surface area contributed by atoms with Crippen LogP contribution >= 0.6 is 0 Å². The number of nitro groups is 2. The van der Waals surface area contributed by atoms with E-state index >= 15 is 0 Å². The highest BCUT2D eigenvalue weighted by atomic mass is 16.6. The molecule has 0 spiro atoms. The zero-order chi connectivity index (χ0) is 17.3. The van der Waals surface area contributed by atoms with Gasteiger partial charge in [0, 0.05) is 11.5 Å². The van der Waals surface area contributed by atoms with Gasteiger partial charge in [-0.2, -0.15) is 5.10 Å². The van der Waals surface area contributed by atoms with Crippen molar-refractivity contribution in [1.82, 2.24) is 9.78 Å². The molecule has 0 radical (unpaired) electrons. The fraction of sp³-hybridized carbons (Fsp3) is 0.588. The summed E-state index contributed by atoms with van der Waals surface area (Å²) in [6.45, 7) is 0. The van der Waals surface area contributed by atoms with Crippen LogP contribution in [0.25, 0.3) is 10.9 Å². The lowest BCUT2D eigenvalue weighted by Gasteiger charge is -2.56. The molecule has 130 valence electrons. The summed E-state index contributed by atoms with van der Waals surface area (Å²) in [5.74, 6) is 2.05. The molecule has 6 rings (SSSR count). The number of nitro benzene ring substituents is 2. The fourth-order valence-electron chi connectivity index (χ4n) is 6.06. The smallest absolute Gasteiger partial charge is 0.258 e. The minimum atomic E-state index is -0.589. The molecule has 0 saturated heterocycles. The standard InChI is InChI=1S/C17H18N4O4/c22-20(23)14-4-13-9-18-19(16(13)15(5-14)21(24)25)17-6-10-1-11(7-17)3-12(2-10)8-17/h4-5,9-12H,1-3,6-8H2. The zero-order valence-corrected chi connectivity index (χ0v) is 13.6. The summed E-state index contributed by atoms with van der Waals surface area (Å²) in [6, 6.07) is 2.47. The van der Waals surface area contributed by atoms with Gasteiger partial charge in [0.05, 0.1) is 27.6 Å². The Kier molecular flexibility index (Phi) is 2.82. The summed E-state index contributed by atoms with van der Waals surface area (Å²) in [5, 5.41) is 27.7. The predicted molar refractivity (Wildman–Crippen MR) is 89.2 cm³/mol. The lowest BCUT2D eigenvalue weighted by molar-refractivity contribution is -0.393. The summed E-state index contributed by atoms with van der Waals surface area (Å²) >= 11 is 0. The summed E-state index contributed by atoms with van der Waals surface area (Å²) in [7, 11) is 0. The van der Waals surface area contributed by atoms with Gasteiger partial charge in [-0.3, -0.25) is 24.9 Å². The molecule has 0 amide bonds. The average Bonchev–Trinajstić information content (AvgIpc) is 2.97. The van der Waals surface area contributed by atoms with Crippen molar-refractivity contribution in [2.24, 2.45) is 17.8 Å². The molecule has 0 N–H and O–H groups in total. The van der Waals surface area contributed by atoms with Crippen LogP contribution in [0, 0.1) is 38.0 Å². The molecule has 8 heteroatoms. The maximum absolute atomic E-state index is 11.6. The molecule has 1 heterocycles. The SMILES string of the molecule is O=[N+]([O-])c1cc([N+](=O)[O-])c2c(cnn2C23CC4CC(CC(C4)C2)C3)c1. The Morgan fingerprint density at radius 1 is 1.00 bits per heavy atom. The van der Waals surface area contributed by atoms with Gasteiger partial charge in [-0.05, 0) is 56.3 Å². The second kappa shape index (κ2) is 4.77. The Labute approximate surface area is 143 Å². The molecule has 0 unspecified atom stereocenters. The molecule has 4 fully saturated rings. The normalized spacial score (nSPS) is 33.0. The van der Waals surface area contributed by atoms with Crippen molar-refractivity contribution < 1.29 is 9.85 Å². The summed E-state index contributed by atoms with van der Waals surface area (Å²) in [6.07, 6.45) is 8.41. The number of non-ortho nitro benzene ring substituents is 2. The minimum Gasteiger partial charge on any atom is -0.258 e. The number of hydrogen-bond donors (Lipinski definition) is 0. The largest absolute Gasteiger partial charge is 0.302 e. The fourth-order valence-corrected chi connectivity index (χ4v) is 6.06. The van der Waals surface area contributed by atoms with E-state index in [1.54, 1.807) is 6.20 Å². The minimum absolute atomic E-state index is 0.155. The van der Waals surface area contributed by atoms with Crippen LogP contribution in [0.3, 0.4) is 0 Å². The van der Waals surface area contributed by atoms with E-state index in [-0.39, 0.29) is 16.9 Å². The number of aromatic nitrogens is 2. The van der Waals surface area contributed by atoms with Gasteiger partial charge in [-0.15, -0.1) is 0 Å².